The summed E-state index contributed by atoms with van der Waals surface area (Å²) in [5.74, 6) is -0.565. The number of sulfonamides is 1. The second-order valence-corrected chi connectivity index (χ2v) is 10.8. The fourth-order valence-electron chi connectivity index (χ4n) is 5.24. The predicted octanol–water partition coefficient (Wildman–Crippen LogP) is 3.75. The molecule has 2 aliphatic heterocycles. The van der Waals surface area contributed by atoms with Crippen molar-refractivity contribution in [1.29, 1.82) is 0 Å². The zero-order valence-corrected chi connectivity index (χ0v) is 20.6. The summed E-state index contributed by atoms with van der Waals surface area (Å²) >= 11 is 0. The van der Waals surface area contributed by atoms with Crippen LogP contribution in [-0.4, -0.2) is 48.2 Å². The molecule has 1 fully saturated rings. The highest BCUT2D eigenvalue weighted by molar-refractivity contribution is 7.89. The third-order valence-electron chi connectivity index (χ3n) is 6.92. The van der Waals surface area contributed by atoms with E-state index in [1.54, 1.807) is 59.5 Å². The molecule has 0 aliphatic carbocycles. The number of hydrogen-bond donors (Lipinski definition) is 0. The molecule has 0 radical (unpaired) electrons. The molecule has 3 aromatic carbocycles. The molecule has 1 saturated heterocycles. The van der Waals surface area contributed by atoms with E-state index < -0.39 is 39.2 Å². The molecule has 9 nitrogen and oxygen atoms in total. The molecule has 0 aromatic heterocycles. The van der Waals surface area contributed by atoms with E-state index in [-0.39, 0.29) is 10.6 Å². The lowest BCUT2D eigenvalue weighted by Crippen LogP contribution is -2.43. The molecule has 0 saturated carbocycles. The van der Waals surface area contributed by atoms with Crippen LogP contribution in [0.5, 0.6) is 0 Å². The molecule has 0 bridgehead atoms. The number of aryl methyl sites for hydroxylation is 1. The van der Waals surface area contributed by atoms with E-state index in [1.807, 2.05) is 13.0 Å². The number of nitrogens with zero attached hydrogens (tertiary/aromatic N) is 3. The quantitative estimate of drug-likeness (QED) is 0.294. The summed E-state index contributed by atoms with van der Waals surface area (Å²) in [6.45, 7) is 2.25. The first kappa shape index (κ1) is 24.1. The number of nitro benzene ring substituents is 1. The number of non-ortho nitro benzene ring substituents is 1. The summed E-state index contributed by atoms with van der Waals surface area (Å²) in [6, 6.07) is 18.2. The van der Waals surface area contributed by atoms with Crippen molar-refractivity contribution < 1.29 is 22.9 Å². The Kier molecular flexibility index (Phi) is 6.11. The van der Waals surface area contributed by atoms with Gasteiger partial charge in [0.05, 0.1) is 23.0 Å². The topological polar surface area (TPSA) is 110 Å². The molecule has 10 heteroatoms. The molecule has 0 amide bonds. The highest BCUT2D eigenvalue weighted by Gasteiger charge is 2.58. The van der Waals surface area contributed by atoms with Crippen LogP contribution in [0.4, 0.5) is 5.69 Å². The monoisotopic (exact) mass is 507 g/mol. The molecular weight excluding hydrogens is 482 g/mol. The number of ether oxygens (including phenoxy) is 1. The van der Waals surface area contributed by atoms with Crippen molar-refractivity contribution in [3.05, 3.63) is 105 Å². The summed E-state index contributed by atoms with van der Waals surface area (Å²) in [5.41, 5.74) is 2.70. The van der Waals surface area contributed by atoms with Gasteiger partial charge in [0.1, 0.15) is 12.2 Å². The number of carbonyl (C=O) groups is 1. The zero-order chi connectivity index (χ0) is 25.6. The maximum Gasteiger partial charge on any atom is 0.325 e. The van der Waals surface area contributed by atoms with Gasteiger partial charge in [0.15, 0.2) is 0 Å². The van der Waals surface area contributed by atoms with Crippen molar-refractivity contribution in [3.8, 4) is 0 Å². The molecule has 3 aromatic rings. The maximum atomic E-state index is 14.3. The van der Waals surface area contributed by atoms with Crippen LogP contribution in [0.25, 0.3) is 0 Å². The van der Waals surface area contributed by atoms with Crippen LogP contribution < -0.4 is 0 Å². The van der Waals surface area contributed by atoms with Gasteiger partial charge in [0.25, 0.3) is 5.69 Å². The normalized spacial score (nSPS) is 22.0. The number of carbonyl (C=O) groups excluding carboxylic acids is 1. The Balaban J connectivity index is 1.79. The summed E-state index contributed by atoms with van der Waals surface area (Å²) in [5, 5.41) is 11.6. The number of nitro groups is 1. The van der Waals surface area contributed by atoms with Crippen molar-refractivity contribution in [2.24, 2.45) is 0 Å². The van der Waals surface area contributed by atoms with E-state index in [9.17, 15) is 23.3 Å². The van der Waals surface area contributed by atoms with Crippen LogP contribution >= 0.6 is 0 Å². The number of fused-ring (bicyclic) bond motifs is 3. The molecule has 0 spiro atoms. The first-order valence-corrected chi connectivity index (χ1v) is 12.9. The van der Waals surface area contributed by atoms with Crippen LogP contribution in [0.1, 0.15) is 34.5 Å². The second-order valence-electron chi connectivity index (χ2n) is 8.97. The van der Waals surface area contributed by atoms with Gasteiger partial charge in [-0.3, -0.25) is 19.8 Å². The van der Waals surface area contributed by atoms with Crippen LogP contribution in [0.2, 0.25) is 0 Å². The minimum Gasteiger partial charge on any atom is -0.468 e. The third kappa shape index (κ3) is 3.87. The Bertz CT molecular complexity index is 1430. The molecule has 5 rings (SSSR count). The van der Waals surface area contributed by atoms with E-state index in [0.717, 1.165) is 11.1 Å². The number of rotatable bonds is 5. The lowest BCUT2D eigenvalue weighted by Gasteiger charge is -2.36. The Morgan fingerprint density at radius 3 is 2.39 bits per heavy atom. The number of methoxy groups -OCH3 is 1. The standard InChI is InChI=1S/C26H25N3O6S/c1-17-8-12-21(13-9-17)36(33,34)28-23(19-6-4-3-5-7-19)24(26(30)35-2)27-15-14-18-10-11-20(29(31)32)16-22(18)25(27)28/h3-13,16,23-25H,14-15H2,1-2H3/t23-,24+,25+/m0/s1. The lowest BCUT2D eigenvalue weighted by molar-refractivity contribution is -0.385. The number of esters is 1. The highest BCUT2D eigenvalue weighted by Crippen LogP contribution is 2.51. The van der Waals surface area contributed by atoms with E-state index in [2.05, 4.69) is 0 Å². The first-order valence-electron chi connectivity index (χ1n) is 11.5. The Labute approximate surface area is 209 Å². The summed E-state index contributed by atoms with van der Waals surface area (Å²) in [7, 11) is -2.88. The minimum atomic E-state index is -4.16. The van der Waals surface area contributed by atoms with Crippen molar-refractivity contribution in [2.75, 3.05) is 13.7 Å². The number of hydrogen-bond acceptors (Lipinski definition) is 7. The van der Waals surface area contributed by atoms with Gasteiger partial charge >= 0.3 is 5.97 Å². The fraction of sp³-hybridized carbons (Fsp3) is 0.269. The molecule has 0 unspecified atom stereocenters. The van der Waals surface area contributed by atoms with Crippen LogP contribution in [0, 0.1) is 17.0 Å². The van der Waals surface area contributed by atoms with Crippen LogP contribution in [0.3, 0.4) is 0 Å². The Hall–Kier alpha value is -3.60. The van der Waals surface area contributed by atoms with Gasteiger partial charge in [-0.15, -0.1) is 0 Å². The minimum absolute atomic E-state index is 0.0806. The maximum absolute atomic E-state index is 14.3. The van der Waals surface area contributed by atoms with Gasteiger partial charge in [0, 0.05) is 18.7 Å². The van der Waals surface area contributed by atoms with Gasteiger partial charge in [0.2, 0.25) is 10.0 Å². The van der Waals surface area contributed by atoms with Gasteiger partial charge in [-0.05, 0) is 42.2 Å². The molecule has 186 valence electrons. The SMILES string of the molecule is COC(=O)[C@H]1[C@H](c2ccccc2)N(S(=O)(=O)c2ccc(C)cc2)[C@@H]2c3cc([N+](=O)[O-])ccc3CCN21. The summed E-state index contributed by atoms with van der Waals surface area (Å²) < 4.78 is 35.1. The van der Waals surface area contributed by atoms with E-state index >= 15 is 0 Å². The fourth-order valence-corrected chi connectivity index (χ4v) is 7.00. The average Bonchev–Trinajstić information content (AvgIpc) is 3.25. The molecule has 2 heterocycles. The number of benzene rings is 3. The van der Waals surface area contributed by atoms with Gasteiger partial charge in [-0.1, -0.05) is 54.1 Å². The summed E-state index contributed by atoms with van der Waals surface area (Å²) in [4.78, 5) is 26.2. The van der Waals surface area contributed by atoms with Gasteiger partial charge in [-0.2, -0.15) is 4.31 Å². The van der Waals surface area contributed by atoms with E-state index in [0.29, 0.717) is 24.1 Å². The second kappa shape index (κ2) is 9.12. The summed E-state index contributed by atoms with van der Waals surface area (Å²) in [6.07, 6.45) is -0.411. The first-order chi connectivity index (χ1) is 17.2. The Morgan fingerprint density at radius 1 is 1.06 bits per heavy atom. The molecule has 2 aliphatic rings. The van der Waals surface area contributed by atoms with Crippen LogP contribution in [0.15, 0.2) is 77.7 Å². The smallest absolute Gasteiger partial charge is 0.325 e. The molecule has 3 atom stereocenters. The van der Waals surface area contributed by atoms with Crippen molar-refractivity contribution in [3.63, 3.8) is 0 Å². The van der Waals surface area contributed by atoms with E-state index in [4.69, 9.17) is 4.74 Å². The molecule has 0 N–H and O–H groups in total. The highest BCUT2D eigenvalue weighted by atomic mass is 32.2. The van der Waals surface area contributed by atoms with Crippen molar-refractivity contribution in [2.45, 2.75) is 36.5 Å². The Morgan fingerprint density at radius 2 is 1.75 bits per heavy atom. The molecular formula is C26H25N3O6S. The zero-order valence-electron chi connectivity index (χ0n) is 19.8. The van der Waals surface area contributed by atoms with Crippen molar-refractivity contribution in [1.82, 2.24) is 9.21 Å². The van der Waals surface area contributed by atoms with Crippen LogP contribution in [-0.2, 0) is 26.0 Å². The lowest BCUT2D eigenvalue weighted by atomic mass is 9.96. The average molecular weight is 508 g/mol. The molecule has 36 heavy (non-hydrogen) atoms. The predicted molar refractivity (Wildman–Crippen MR) is 131 cm³/mol. The van der Waals surface area contributed by atoms with Gasteiger partial charge < -0.3 is 4.74 Å². The largest absolute Gasteiger partial charge is 0.468 e. The third-order valence-corrected chi connectivity index (χ3v) is 8.77. The van der Waals surface area contributed by atoms with Crippen molar-refractivity contribution >= 4 is 21.7 Å². The van der Waals surface area contributed by atoms with Gasteiger partial charge in [-0.25, -0.2) is 8.42 Å². The van der Waals surface area contributed by atoms with E-state index in [1.165, 1.54) is 23.5 Å².